The number of esters is 1. The minimum Gasteiger partial charge on any atom is -0.457 e. The number of ether oxygens (including phenoxy) is 1. The van der Waals surface area contributed by atoms with E-state index in [9.17, 15) is 9.59 Å². The fraction of sp³-hybridized carbons (Fsp3) is 0.846. The average Bonchev–Trinajstić information content (AvgIpc) is 3.05. The summed E-state index contributed by atoms with van der Waals surface area (Å²) in [7, 11) is 0. The van der Waals surface area contributed by atoms with Gasteiger partial charge in [0.1, 0.15) is 17.9 Å². The molecule has 0 unspecified atom stereocenters. The lowest BCUT2D eigenvalue weighted by molar-refractivity contribution is -0.151. The molecule has 0 spiro atoms. The van der Waals surface area contributed by atoms with Crippen molar-refractivity contribution in [2.24, 2.45) is 46.2 Å². The van der Waals surface area contributed by atoms with E-state index >= 15 is 0 Å². The number of carbonyl (C=O) groups excluding carboxylic acids is 2. The molecule has 168 valence electrons. The Labute approximate surface area is 182 Å². The van der Waals surface area contributed by atoms with E-state index in [-0.39, 0.29) is 34.7 Å². The van der Waals surface area contributed by atoms with E-state index in [0.29, 0.717) is 17.6 Å². The van der Waals surface area contributed by atoms with Crippen molar-refractivity contribution in [2.45, 2.75) is 98.1 Å². The van der Waals surface area contributed by atoms with Gasteiger partial charge in [-0.2, -0.15) is 0 Å². The number of nitrogens with two attached hydrogens (primary N) is 1. The highest BCUT2D eigenvalue weighted by molar-refractivity contribution is 5.79. The molecule has 4 aliphatic rings. The second kappa shape index (κ2) is 7.76. The lowest BCUT2D eigenvalue weighted by Gasteiger charge is -2.58. The molecule has 0 aromatic heterocycles. The molecule has 0 aliphatic heterocycles. The zero-order chi connectivity index (χ0) is 21.8. The van der Waals surface area contributed by atoms with Crippen LogP contribution in [0.25, 0.3) is 0 Å². The lowest BCUT2D eigenvalue weighted by atomic mass is 9.46. The van der Waals surface area contributed by atoms with Crippen molar-refractivity contribution in [1.29, 1.82) is 0 Å². The van der Waals surface area contributed by atoms with Crippen LogP contribution in [0.2, 0.25) is 0 Å². The summed E-state index contributed by atoms with van der Waals surface area (Å²) in [6, 6.07) is -0.542. The molecule has 2 N–H and O–H groups in total. The van der Waals surface area contributed by atoms with Crippen molar-refractivity contribution >= 4 is 11.8 Å². The first kappa shape index (κ1) is 22.0. The quantitative estimate of drug-likeness (QED) is 0.515. The van der Waals surface area contributed by atoms with Gasteiger partial charge in [0, 0.05) is 5.92 Å². The van der Waals surface area contributed by atoms with Crippen molar-refractivity contribution in [1.82, 2.24) is 0 Å². The highest BCUT2D eigenvalue weighted by Gasteiger charge is 2.59. The van der Waals surface area contributed by atoms with E-state index in [1.165, 1.54) is 31.3 Å². The molecule has 3 saturated carbocycles. The summed E-state index contributed by atoms with van der Waals surface area (Å²) in [6.45, 7) is 10.6. The molecule has 0 heterocycles. The number of hydrogen-bond donors (Lipinski definition) is 1. The third kappa shape index (κ3) is 3.38. The standard InChI is InChI=1S/C26H41NO3/c1-15(2)23(27)24(29)30-18-10-12-25(4)17(14-18)6-7-19-21-9-8-20(16(3)28)26(21,5)13-11-22(19)25/h14-15,18-23H,6-13,27H2,1-5H3/t18-,19-,20+,21-,22-,23-,25-,26+/m0/s1. The molecular formula is C26H41NO3. The second-order valence-corrected chi connectivity index (χ2v) is 11.6. The first-order valence-electron chi connectivity index (χ1n) is 12.3. The van der Waals surface area contributed by atoms with Gasteiger partial charge in [-0.25, -0.2) is 0 Å². The lowest BCUT2D eigenvalue weighted by Crippen LogP contribution is -2.51. The van der Waals surface area contributed by atoms with Gasteiger partial charge in [-0.15, -0.1) is 0 Å². The number of Topliss-reactive ketones (excluding diaryl/α,β-unsaturated/α-hetero) is 1. The van der Waals surface area contributed by atoms with Crippen LogP contribution in [0.5, 0.6) is 0 Å². The predicted octanol–water partition coefficient (Wildman–Crippen LogP) is 5.05. The maximum absolute atomic E-state index is 12.4. The summed E-state index contributed by atoms with van der Waals surface area (Å²) < 4.78 is 5.79. The van der Waals surface area contributed by atoms with Gasteiger partial charge >= 0.3 is 5.97 Å². The smallest absolute Gasteiger partial charge is 0.323 e. The molecule has 30 heavy (non-hydrogen) atoms. The molecule has 4 heteroatoms. The molecule has 0 aromatic rings. The Bertz CT molecular complexity index is 743. The van der Waals surface area contributed by atoms with Crippen LogP contribution in [0.4, 0.5) is 0 Å². The monoisotopic (exact) mass is 415 g/mol. The normalized spacial score (nSPS) is 43.8. The SMILES string of the molecule is CC(=O)[C@H]1CC[C@H]2[C@@H]3CCC4=C[C@@H](OC(=O)[C@@H](N)C(C)C)CC[C@]4(C)[C@H]3CC[C@]12C. The third-order valence-electron chi connectivity index (χ3n) is 9.82. The number of hydrogen-bond acceptors (Lipinski definition) is 4. The fourth-order valence-corrected chi connectivity index (χ4v) is 7.96. The van der Waals surface area contributed by atoms with Crippen LogP contribution in [-0.4, -0.2) is 23.9 Å². The number of rotatable bonds is 4. The van der Waals surface area contributed by atoms with E-state index in [4.69, 9.17) is 10.5 Å². The second-order valence-electron chi connectivity index (χ2n) is 11.6. The number of ketones is 1. The Morgan fingerprint density at radius 3 is 2.47 bits per heavy atom. The van der Waals surface area contributed by atoms with Crippen LogP contribution < -0.4 is 5.73 Å². The minimum atomic E-state index is -0.542. The topological polar surface area (TPSA) is 69.4 Å². The van der Waals surface area contributed by atoms with Crippen molar-refractivity contribution in [2.75, 3.05) is 0 Å². The van der Waals surface area contributed by atoms with Gasteiger partial charge < -0.3 is 10.5 Å². The van der Waals surface area contributed by atoms with Gasteiger partial charge in [0.15, 0.2) is 0 Å². The largest absolute Gasteiger partial charge is 0.457 e. The zero-order valence-corrected chi connectivity index (χ0v) is 19.6. The van der Waals surface area contributed by atoms with Crippen LogP contribution in [-0.2, 0) is 14.3 Å². The maximum Gasteiger partial charge on any atom is 0.323 e. The summed E-state index contributed by atoms with van der Waals surface area (Å²) in [5.41, 5.74) is 7.94. The minimum absolute atomic E-state index is 0.0937. The molecule has 4 rings (SSSR count). The molecule has 3 fully saturated rings. The van der Waals surface area contributed by atoms with Crippen molar-refractivity contribution in [3.05, 3.63) is 11.6 Å². The Hall–Kier alpha value is -1.16. The van der Waals surface area contributed by atoms with Crippen molar-refractivity contribution < 1.29 is 14.3 Å². The van der Waals surface area contributed by atoms with E-state index in [2.05, 4.69) is 19.9 Å². The molecule has 4 nitrogen and oxygen atoms in total. The van der Waals surface area contributed by atoms with Crippen molar-refractivity contribution in [3.8, 4) is 0 Å². The summed E-state index contributed by atoms with van der Waals surface area (Å²) in [5, 5.41) is 0. The summed E-state index contributed by atoms with van der Waals surface area (Å²) in [5.74, 6) is 2.65. The van der Waals surface area contributed by atoms with Gasteiger partial charge in [-0.05, 0) is 98.9 Å². The van der Waals surface area contributed by atoms with Gasteiger partial charge in [0.05, 0.1) is 0 Å². The number of carbonyl (C=O) groups is 2. The van der Waals surface area contributed by atoms with Gasteiger partial charge in [-0.3, -0.25) is 9.59 Å². The molecule has 0 bridgehead atoms. The predicted molar refractivity (Wildman–Crippen MR) is 119 cm³/mol. The molecule has 8 atom stereocenters. The number of fused-ring (bicyclic) bond motifs is 5. The van der Waals surface area contributed by atoms with Crippen LogP contribution >= 0.6 is 0 Å². The Morgan fingerprint density at radius 2 is 1.80 bits per heavy atom. The van der Waals surface area contributed by atoms with Crippen molar-refractivity contribution in [3.63, 3.8) is 0 Å². The number of allylic oxidation sites excluding steroid dienone is 1. The van der Waals surface area contributed by atoms with E-state index in [1.807, 2.05) is 13.8 Å². The van der Waals surface area contributed by atoms with E-state index in [0.717, 1.165) is 31.6 Å². The molecule has 0 amide bonds. The zero-order valence-electron chi connectivity index (χ0n) is 19.6. The molecule has 4 aliphatic carbocycles. The average molecular weight is 416 g/mol. The molecule has 0 saturated heterocycles. The van der Waals surface area contributed by atoms with Gasteiger partial charge in [0.2, 0.25) is 0 Å². The summed E-state index contributed by atoms with van der Waals surface area (Å²) >= 11 is 0. The summed E-state index contributed by atoms with van der Waals surface area (Å²) in [6.07, 6.45) is 11.2. The molecular weight excluding hydrogens is 374 g/mol. The summed E-state index contributed by atoms with van der Waals surface area (Å²) in [4.78, 5) is 24.7. The fourth-order valence-electron chi connectivity index (χ4n) is 7.96. The maximum atomic E-state index is 12.4. The Balaban J connectivity index is 1.51. The molecule has 0 aromatic carbocycles. The Kier molecular flexibility index (Phi) is 5.70. The Morgan fingerprint density at radius 1 is 1.07 bits per heavy atom. The van der Waals surface area contributed by atoms with Crippen LogP contribution in [0, 0.1) is 40.4 Å². The first-order chi connectivity index (χ1) is 14.1. The first-order valence-corrected chi connectivity index (χ1v) is 12.3. The van der Waals surface area contributed by atoms with E-state index < -0.39 is 6.04 Å². The highest BCUT2D eigenvalue weighted by atomic mass is 16.5. The van der Waals surface area contributed by atoms with Crippen LogP contribution in [0.3, 0.4) is 0 Å². The third-order valence-corrected chi connectivity index (χ3v) is 9.82. The van der Waals surface area contributed by atoms with Gasteiger partial charge in [0.25, 0.3) is 0 Å². The van der Waals surface area contributed by atoms with Crippen LogP contribution in [0.15, 0.2) is 11.6 Å². The highest BCUT2D eigenvalue weighted by Crippen LogP contribution is 2.66. The van der Waals surface area contributed by atoms with Gasteiger partial charge in [-0.1, -0.05) is 33.3 Å². The van der Waals surface area contributed by atoms with E-state index in [1.54, 1.807) is 6.92 Å². The molecule has 0 radical (unpaired) electrons. The van der Waals surface area contributed by atoms with Crippen LogP contribution in [0.1, 0.15) is 86.0 Å².